The molecule has 0 aliphatic carbocycles. The average Bonchev–Trinajstić information content (AvgIpc) is 2.54. The van der Waals surface area contributed by atoms with Gasteiger partial charge in [-0.3, -0.25) is 14.4 Å². The van der Waals surface area contributed by atoms with Crippen LogP contribution in [0.2, 0.25) is 0 Å². The van der Waals surface area contributed by atoms with Crippen LogP contribution in [0.15, 0.2) is 0 Å². The zero-order valence-corrected chi connectivity index (χ0v) is 18.4. The van der Waals surface area contributed by atoms with Gasteiger partial charge < -0.3 is 31.5 Å². The zero-order chi connectivity index (χ0) is 23.6. The summed E-state index contributed by atoms with van der Waals surface area (Å²) in [7, 11) is 0. The minimum absolute atomic E-state index is 0.00377. The van der Waals surface area contributed by atoms with Crippen molar-refractivity contribution in [2.45, 2.75) is 84.5 Å². The lowest BCUT2D eigenvalue weighted by Gasteiger charge is -2.25. The predicted molar refractivity (Wildman–Crippen MR) is 108 cm³/mol. The third-order valence-corrected chi connectivity index (χ3v) is 3.76. The molecule has 0 aromatic carbocycles. The highest BCUT2D eigenvalue weighted by atomic mass is 16.6. The molecule has 0 aliphatic heterocycles. The summed E-state index contributed by atoms with van der Waals surface area (Å²) in [5.74, 6) is -3.35. The molecule has 0 saturated carbocycles. The van der Waals surface area contributed by atoms with Crippen molar-refractivity contribution in [2.24, 2.45) is 11.7 Å². The Morgan fingerprint density at radius 3 is 1.90 bits per heavy atom. The highest BCUT2D eigenvalue weighted by Gasteiger charge is 2.29. The number of nitrogens with one attached hydrogen (secondary N) is 3. The summed E-state index contributed by atoms with van der Waals surface area (Å²) in [6, 6.07) is -3.35. The molecule has 0 saturated heterocycles. The second kappa shape index (κ2) is 12.0. The van der Waals surface area contributed by atoms with E-state index in [1.807, 2.05) is 13.8 Å². The van der Waals surface area contributed by atoms with Gasteiger partial charge in [0.2, 0.25) is 17.7 Å². The summed E-state index contributed by atoms with van der Waals surface area (Å²) in [5.41, 5.74) is 4.29. The Morgan fingerprint density at radius 1 is 0.933 bits per heavy atom. The van der Waals surface area contributed by atoms with Crippen molar-refractivity contribution < 1.29 is 33.8 Å². The van der Waals surface area contributed by atoms with Crippen molar-refractivity contribution in [2.75, 3.05) is 0 Å². The van der Waals surface area contributed by atoms with Crippen molar-refractivity contribution in [3.8, 4) is 0 Å². The second-order valence-electron chi connectivity index (χ2n) is 8.46. The molecule has 0 aromatic heterocycles. The van der Waals surface area contributed by atoms with E-state index in [1.165, 1.54) is 6.92 Å². The maximum Gasteiger partial charge on any atom is 0.408 e. The number of rotatable bonds is 11. The maximum atomic E-state index is 12.6. The molecule has 0 fully saturated rings. The first kappa shape index (κ1) is 27.1. The molecule has 172 valence electrons. The number of nitrogens with two attached hydrogens (primary N) is 1. The highest BCUT2D eigenvalue weighted by Crippen LogP contribution is 2.09. The first-order chi connectivity index (χ1) is 13.6. The van der Waals surface area contributed by atoms with Crippen molar-refractivity contribution >= 4 is 29.8 Å². The van der Waals surface area contributed by atoms with E-state index < -0.39 is 53.5 Å². The quantitative estimate of drug-likeness (QED) is 0.312. The first-order valence-electron chi connectivity index (χ1n) is 9.73. The zero-order valence-electron chi connectivity index (χ0n) is 18.4. The molecule has 11 nitrogen and oxygen atoms in total. The van der Waals surface area contributed by atoms with Gasteiger partial charge >= 0.3 is 12.1 Å². The van der Waals surface area contributed by atoms with E-state index in [-0.39, 0.29) is 25.2 Å². The molecule has 3 unspecified atom stereocenters. The smallest absolute Gasteiger partial charge is 0.408 e. The van der Waals surface area contributed by atoms with Gasteiger partial charge in [-0.15, -0.1) is 0 Å². The van der Waals surface area contributed by atoms with Crippen LogP contribution in [0.3, 0.4) is 0 Å². The number of alkyl carbamates (subject to hydrolysis) is 1. The molecule has 30 heavy (non-hydrogen) atoms. The van der Waals surface area contributed by atoms with Gasteiger partial charge in [-0.05, 0) is 46.5 Å². The minimum Gasteiger partial charge on any atom is -0.480 e. The largest absolute Gasteiger partial charge is 0.480 e. The fourth-order valence-electron chi connectivity index (χ4n) is 2.37. The van der Waals surface area contributed by atoms with Crippen LogP contribution in [0, 0.1) is 5.92 Å². The van der Waals surface area contributed by atoms with Crippen LogP contribution in [-0.4, -0.2) is 58.6 Å². The van der Waals surface area contributed by atoms with Gasteiger partial charge in [0.25, 0.3) is 0 Å². The van der Waals surface area contributed by atoms with Gasteiger partial charge in [0, 0.05) is 6.42 Å². The number of carboxylic acids is 1. The molecule has 0 heterocycles. The molecule has 0 aromatic rings. The normalized spacial score (nSPS) is 14.2. The first-order valence-corrected chi connectivity index (χ1v) is 9.73. The molecule has 11 heteroatoms. The average molecular weight is 431 g/mol. The Kier molecular flexibility index (Phi) is 10.8. The Labute approximate surface area is 176 Å². The molecular formula is C19H34N4O7. The fourth-order valence-corrected chi connectivity index (χ4v) is 2.37. The Bertz CT molecular complexity index is 643. The summed E-state index contributed by atoms with van der Waals surface area (Å²) in [6.07, 6.45) is -0.934. The second-order valence-corrected chi connectivity index (χ2v) is 8.46. The van der Waals surface area contributed by atoms with Crippen LogP contribution in [0.1, 0.15) is 60.8 Å². The van der Waals surface area contributed by atoms with E-state index >= 15 is 0 Å². The van der Waals surface area contributed by atoms with E-state index in [0.717, 1.165) is 0 Å². The topological polar surface area (TPSA) is 177 Å². The van der Waals surface area contributed by atoms with Crippen LogP contribution in [-0.2, 0) is 23.9 Å². The van der Waals surface area contributed by atoms with Crippen LogP contribution >= 0.6 is 0 Å². The van der Waals surface area contributed by atoms with E-state index in [9.17, 15) is 29.1 Å². The molecular weight excluding hydrogens is 396 g/mol. The fraction of sp³-hybridized carbons (Fsp3) is 0.737. The lowest BCUT2D eigenvalue weighted by atomic mass is 10.0. The van der Waals surface area contributed by atoms with Crippen molar-refractivity contribution in [1.82, 2.24) is 16.0 Å². The standard InChI is InChI=1S/C19H34N4O7/c1-10(2)9-13(16(26)22-12(17(27)28)7-8-14(20)24)23-15(25)11(3)21-18(29)30-19(4,5)6/h10-13H,7-9H2,1-6H3,(H2,20,24)(H,21,29)(H,22,26)(H,23,25)(H,27,28). The number of hydrogen-bond acceptors (Lipinski definition) is 6. The number of carbonyl (C=O) groups excluding carboxylic acids is 4. The molecule has 0 aliphatic rings. The lowest BCUT2D eigenvalue weighted by molar-refractivity contribution is -0.142. The van der Waals surface area contributed by atoms with Gasteiger partial charge in [-0.1, -0.05) is 13.8 Å². The number of primary amides is 1. The molecule has 6 N–H and O–H groups in total. The molecule has 0 bridgehead atoms. The number of carbonyl (C=O) groups is 5. The molecule has 3 atom stereocenters. The Balaban J connectivity index is 5.10. The minimum atomic E-state index is -1.33. The van der Waals surface area contributed by atoms with Gasteiger partial charge in [-0.2, -0.15) is 0 Å². The SMILES string of the molecule is CC(C)CC(NC(=O)C(C)NC(=O)OC(C)(C)C)C(=O)NC(CCC(N)=O)C(=O)O. The van der Waals surface area contributed by atoms with Gasteiger partial charge in [-0.25, -0.2) is 9.59 Å². The van der Waals surface area contributed by atoms with E-state index in [1.54, 1.807) is 20.8 Å². The Morgan fingerprint density at radius 2 is 1.47 bits per heavy atom. The van der Waals surface area contributed by atoms with E-state index in [2.05, 4.69) is 16.0 Å². The number of amides is 4. The third-order valence-electron chi connectivity index (χ3n) is 3.76. The van der Waals surface area contributed by atoms with Crippen LogP contribution in [0.4, 0.5) is 4.79 Å². The van der Waals surface area contributed by atoms with Gasteiger partial charge in [0.1, 0.15) is 23.7 Å². The molecule has 0 spiro atoms. The molecule has 4 amide bonds. The summed E-state index contributed by atoms with van der Waals surface area (Å²) in [6.45, 7) is 10.1. The molecule has 0 rings (SSSR count). The van der Waals surface area contributed by atoms with Crippen molar-refractivity contribution in [1.29, 1.82) is 0 Å². The summed E-state index contributed by atoms with van der Waals surface area (Å²) in [4.78, 5) is 59.1. The number of hydrogen-bond donors (Lipinski definition) is 5. The Hall–Kier alpha value is -2.85. The monoisotopic (exact) mass is 430 g/mol. The molecule has 0 radical (unpaired) electrons. The van der Waals surface area contributed by atoms with Crippen molar-refractivity contribution in [3.05, 3.63) is 0 Å². The van der Waals surface area contributed by atoms with E-state index in [4.69, 9.17) is 10.5 Å². The lowest BCUT2D eigenvalue weighted by Crippen LogP contribution is -2.55. The summed E-state index contributed by atoms with van der Waals surface area (Å²) >= 11 is 0. The highest BCUT2D eigenvalue weighted by molar-refractivity contribution is 5.92. The number of carboxylic acid groups (broad SMARTS) is 1. The van der Waals surface area contributed by atoms with Crippen LogP contribution in [0.25, 0.3) is 0 Å². The number of ether oxygens (including phenoxy) is 1. The van der Waals surface area contributed by atoms with Crippen LogP contribution in [0.5, 0.6) is 0 Å². The van der Waals surface area contributed by atoms with E-state index in [0.29, 0.717) is 0 Å². The van der Waals surface area contributed by atoms with Gasteiger partial charge in [0.15, 0.2) is 0 Å². The summed E-state index contributed by atoms with van der Waals surface area (Å²) < 4.78 is 5.09. The third kappa shape index (κ3) is 11.9. The summed E-state index contributed by atoms with van der Waals surface area (Å²) in [5, 5.41) is 16.5. The van der Waals surface area contributed by atoms with Crippen molar-refractivity contribution in [3.63, 3.8) is 0 Å². The number of aliphatic carboxylic acids is 1. The predicted octanol–water partition coefficient (Wildman–Crippen LogP) is 0.265. The van der Waals surface area contributed by atoms with Gasteiger partial charge in [0.05, 0.1) is 0 Å². The maximum absolute atomic E-state index is 12.6. The van der Waals surface area contributed by atoms with Crippen LogP contribution < -0.4 is 21.7 Å².